The molecule has 130 valence electrons. The zero-order chi connectivity index (χ0) is 18.0. The van der Waals surface area contributed by atoms with Crippen molar-refractivity contribution in [2.45, 2.75) is 33.2 Å². The first-order valence-corrected chi connectivity index (χ1v) is 8.50. The Hall–Kier alpha value is -2.82. The van der Waals surface area contributed by atoms with E-state index in [0.29, 0.717) is 0 Å². The fraction of sp³-hybridized carbons (Fsp3) is 0.300. The predicted octanol–water partition coefficient (Wildman–Crippen LogP) is 3.34. The standard InChI is InChI=1S/C20H23N3O2/c1-13-6-4-5-7-18(13)22-20(25)14(2)21-17-8-9-19-16(12-17)10-11-23(19)15(3)24/h4-9,12,14,21H,10-11H2,1-3H3,(H,22,25)/t14-/m0/s1. The molecule has 1 heterocycles. The van der Waals surface area contributed by atoms with Gasteiger partial charge < -0.3 is 15.5 Å². The summed E-state index contributed by atoms with van der Waals surface area (Å²) in [6, 6.07) is 13.2. The lowest BCUT2D eigenvalue weighted by Crippen LogP contribution is -2.32. The number of hydrogen-bond donors (Lipinski definition) is 2. The first-order valence-electron chi connectivity index (χ1n) is 8.50. The Kier molecular flexibility index (Phi) is 4.74. The molecule has 5 nitrogen and oxygen atoms in total. The van der Waals surface area contributed by atoms with Gasteiger partial charge in [0.05, 0.1) is 0 Å². The molecule has 0 bridgehead atoms. The fourth-order valence-electron chi connectivity index (χ4n) is 3.09. The van der Waals surface area contributed by atoms with Crippen molar-refractivity contribution in [3.63, 3.8) is 0 Å². The van der Waals surface area contributed by atoms with Gasteiger partial charge in [-0.25, -0.2) is 0 Å². The first-order chi connectivity index (χ1) is 12.0. The summed E-state index contributed by atoms with van der Waals surface area (Å²) in [6.07, 6.45) is 0.841. The molecule has 0 radical (unpaired) electrons. The second-order valence-corrected chi connectivity index (χ2v) is 6.43. The van der Waals surface area contributed by atoms with Crippen molar-refractivity contribution < 1.29 is 9.59 Å². The molecular weight excluding hydrogens is 314 g/mol. The molecule has 0 saturated heterocycles. The summed E-state index contributed by atoms with van der Waals surface area (Å²) in [5.41, 5.74) is 4.84. The molecule has 5 heteroatoms. The molecule has 1 aliphatic heterocycles. The highest BCUT2D eigenvalue weighted by Gasteiger charge is 2.22. The van der Waals surface area contributed by atoms with Crippen LogP contribution in [0.25, 0.3) is 0 Å². The van der Waals surface area contributed by atoms with Crippen LogP contribution in [0.1, 0.15) is 25.0 Å². The van der Waals surface area contributed by atoms with Crippen LogP contribution in [0.2, 0.25) is 0 Å². The smallest absolute Gasteiger partial charge is 0.246 e. The van der Waals surface area contributed by atoms with Crippen molar-refractivity contribution in [3.8, 4) is 0 Å². The molecule has 0 aromatic heterocycles. The van der Waals surface area contributed by atoms with Crippen LogP contribution in [0, 0.1) is 6.92 Å². The molecular formula is C20H23N3O2. The Morgan fingerprint density at radius 1 is 1.16 bits per heavy atom. The van der Waals surface area contributed by atoms with Gasteiger partial charge in [-0.15, -0.1) is 0 Å². The number of nitrogens with zero attached hydrogens (tertiary/aromatic N) is 1. The number of hydrogen-bond acceptors (Lipinski definition) is 3. The maximum Gasteiger partial charge on any atom is 0.246 e. The van der Waals surface area contributed by atoms with Gasteiger partial charge in [0.25, 0.3) is 0 Å². The third-order valence-electron chi connectivity index (χ3n) is 4.53. The second-order valence-electron chi connectivity index (χ2n) is 6.43. The van der Waals surface area contributed by atoms with Crippen LogP contribution in [0.15, 0.2) is 42.5 Å². The van der Waals surface area contributed by atoms with Gasteiger partial charge in [-0.1, -0.05) is 18.2 Å². The molecule has 1 aliphatic rings. The summed E-state index contributed by atoms with van der Waals surface area (Å²) in [6.45, 7) is 6.11. The summed E-state index contributed by atoms with van der Waals surface area (Å²) in [4.78, 5) is 25.8. The largest absolute Gasteiger partial charge is 0.374 e. The number of anilines is 3. The van der Waals surface area contributed by atoms with Crippen molar-refractivity contribution in [3.05, 3.63) is 53.6 Å². The lowest BCUT2D eigenvalue weighted by Gasteiger charge is -2.18. The van der Waals surface area contributed by atoms with Crippen LogP contribution in [-0.2, 0) is 16.0 Å². The minimum Gasteiger partial charge on any atom is -0.374 e. The van der Waals surface area contributed by atoms with Gasteiger partial charge in [0.15, 0.2) is 0 Å². The number of rotatable bonds is 4. The zero-order valence-electron chi connectivity index (χ0n) is 14.8. The lowest BCUT2D eigenvalue weighted by molar-refractivity contribution is -0.117. The zero-order valence-corrected chi connectivity index (χ0v) is 14.8. The van der Waals surface area contributed by atoms with Crippen molar-refractivity contribution in [2.24, 2.45) is 0 Å². The molecule has 0 spiro atoms. The SMILES string of the molecule is CC(=O)N1CCc2cc(N[C@@H](C)C(=O)Nc3ccccc3C)ccc21. The maximum absolute atomic E-state index is 12.4. The number of carbonyl (C=O) groups excluding carboxylic acids is 2. The van der Waals surface area contributed by atoms with Gasteiger partial charge in [-0.05, 0) is 55.7 Å². The number of nitrogens with one attached hydrogen (secondary N) is 2. The Balaban J connectivity index is 1.67. The monoisotopic (exact) mass is 337 g/mol. The van der Waals surface area contributed by atoms with Gasteiger partial charge >= 0.3 is 0 Å². The van der Waals surface area contributed by atoms with Crippen LogP contribution in [0.3, 0.4) is 0 Å². The summed E-state index contributed by atoms with van der Waals surface area (Å²) in [7, 11) is 0. The maximum atomic E-state index is 12.4. The molecule has 2 amide bonds. The molecule has 2 aromatic carbocycles. The quantitative estimate of drug-likeness (QED) is 0.899. The molecule has 2 aromatic rings. The normalized spacial score (nSPS) is 14.0. The first kappa shape index (κ1) is 17.0. The fourth-order valence-corrected chi connectivity index (χ4v) is 3.09. The van der Waals surface area contributed by atoms with E-state index in [1.165, 1.54) is 0 Å². The van der Waals surface area contributed by atoms with Gasteiger partial charge in [-0.2, -0.15) is 0 Å². The molecule has 3 rings (SSSR count). The van der Waals surface area contributed by atoms with Crippen LogP contribution in [0.5, 0.6) is 0 Å². The van der Waals surface area contributed by atoms with Gasteiger partial charge in [0.2, 0.25) is 11.8 Å². The van der Waals surface area contributed by atoms with E-state index in [1.807, 2.05) is 56.3 Å². The lowest BCUT2D eigenvalue weighted by atomic mass is 10.1. The Bertz CT molecular complexity index is 816. The predicted molar refractivity (Wildman–Crippen MR) is 101 cm³/mol. The third-order valence-corrected chi connectivity index (χ3v) is 4.53. The average Bonchev–Trinajstić information content (AvgIpc) is 3.00. The van der Waals surface area contributed by atoms with Crippen LogP contribution < -0.4 is 15.5 Å². The highest BCUT2D eigenvalue weighted by molar-refractivity contribution is 5.97. The molecule has 0 saturated carbocycles. The average molecular weight is 337 g/mol. The van der Waals surface area contributed by atoms with E-state index in [2.05, 4.69) is 10.6 Å². The molecule has 25 heavy (non-hydrogen) atoms. The minimum absolute atomic E-state index is 0.0606. The molecule has 2 N–H and O–H groups in total. The van der Waals surface area contributed by atoms with E-state index in [4.69, 9.17) is 0 Å². The number of carbonyl (C=O) groups is 2. The summed E-state index contributed by atoms with van der Waals surface area (Å²) >= 11 is 0. The Labute approximate surface area is 148 Å². The number of para-hydroxylation sites is 1. The summed E-state index contributed by atoms with van der Waals surface area (Å²) in [5, 5.41) is 6.19. The van der Waals surface area contributed by atoms with Gasteiger partial charge in [0.1, 0.15) is 6.04 Å². The van der Waals surface area contributed by atoms with Crippen LogP contribution in [0.4, 0.5) is 17.1 Å². The van der Waals surface area contributed by atoms with Crippen molar-refractivity contribution in [1.82, 2.24) is 0 Å². The van der Waals surface area contributed by atoms with Gasteiger partial charge in [0, 0.05) is 30.5 Å². The van der Waals surface area contributed by atoms with Crippen molar-refractivity contribution >= 4 is 28.9 Å². The highest BCUT2D eigenvalue weighted by atomic mass is 16.2. The van der Waals surface area contributed by atoms with Gasteiger partial charge in [-0.3, -0.25) is 9.59 Å². The van der Waals surface area contributed by atoms with E-state index < -0.39 is 0 Å². The summed E-state index contributed by atoms with van der Waals surface area (Å²) < 4.78 is 0. The number of fused-ring (bicyclic) bond motifs is 1. The Morgan fingerprint density at radius 3 is 2.64 bits per heavy atom. The number of aryl methyl sites for hydroxylation is 1. The van der Waals surface area contributed by atoms with E-state index in [1.54, 1.807) is 11.8 Å². The minimum atomic E-state index is -0.372. The van der Waals surface area contributed by atoms with E-state index >= 15 is 0 Å². The molecule has 0 aliphatic carbocycles. The Morgan fingerprint density at radius 2 is 1.92 bits per heavy atom. The topological polar surface area (TPSA) is 61.4 Å². The van der Waals surface area contributed by atoms with Crippen LogP contribution in [-0.4, -0.2) is 24.4 Å². The van der Waals surface area contributed by atoms with E-state index in [-0.39, 0.29) is 17.9 Å². The van der Waals surface area contributed by atoms with Crippen molar-refractivity contribution in [1.29, 1.82) is 0 Å². The molecule has 1 atom stereocenters. The number of amides is 2. The van der Waals surface area contributed by atoms with E-state index in [9.17, 15) is 9.59 Å². The molecule has 0 fully saturated rings. The van der Waals surface area contributed by atoms with Crippen molar-refractivity contribution in [2.75, 3.05) is 22.1 Å². The van der Waals surface area contributed by atoms with E-state index in [0.717, 1.165) is 41.2 Å². The second kappa shape index (κ2) is 6.97. The number of benzene rings is 2. The third kappa shape index (κ3) is 3.65. The van der Waals surface area contributed by atoms with Crippen LogP contribution >= 0.6 is 0 Å². The molecule has 0 unspecified atom stereocenters. The highest BCUT2D eigenvalue weighted by Crippen LogP contribution is 2.30. The summed E-state index contributed by atoms with van der Waals surface area (Å²) in [5.74, 6) is -0.0226.